The molecule has 2 nitrogen and oxygen atoms in total. The summed E-state index contributed by atoms with van der Waals surface area (Å²) in [6.45, 7) is 3.42. The average Bonchev–Trinajstić information content (AvgIpc) is 2.34. The van der Waals surface area contributed by atoms with Gasteiger partial charge in [0.05, 0.1) is 0 Å². The molecule has 0 aliphatic heterocycles. The molecule has 0 heterocycles. The van der Waals surface area contributed by atoms with Crippen molar-refractivity contribution in [1.29, 1.82) is 0 Å². The van der Waals surface area contributed by atoms with Crippen LogP contribution in [0.4, 0.5) is 0 Å². The third-order valence-electron chi connectivity index (χ3n) is 2.66. The van der Waals surface area contributed by atoms with Crippen molar-refractivity contribution in [3.05, 3.63) is 0 Å². The van der Waals surface area contributed by atoms with E-state index in [1.807, 2.05) is 0 Å². The highest BCUT2D eigenvalue weighted by Crippen LogP contribution is 2.10. The van der Waals surface area contributed by atoms with Gasteiger partial charge in [0.1, 0.15) is 6.79 Å². The van der Waals surface area contributed by atoms with Crippen LogP contribution in [0, 0.1) is 0 Å². The first kappa shape index (κ1) is 14.0. The molecule has 0 aromatic carbocycles. The number of hydrogen-bond donors (Lipinski definition) is 0. The Balaban J connectivity index is 3.02. The number of unbranched alkanes of at least 4 members (excludes halogenated alkanes) is 5. The molecule has 0 aliphatic carbocycles. The SMILES string of the molecule is [2H][C@H](CCCC)CCCCCCCOCOC. The zero-order chi connectivity index (χ0) is 12.8. The van der Waals surface area contributed by atoms with Gasteiger partial charge in [-0.05, 0) is 6.42 Å². The lowest BCUT2D eigenvalue weighted by Crippen LogP contribution is -1.98. The summed E-state index contributed by atoms with van der Waals surface area (Å²) in [7, 11) is 1.65. The molecule has 0 unspecified atom stereocenters. The molecule has 0 aromatic heterocycles. The van der Waals surface area contributed by atoms with Crippen LogP contribution >= 0.6 is 0 Å². The van der Waals surface area contributed by atoms with Gasteiger partial charge in [-0.3, -0.25) is 0 Å². The summed E-state index contributed by atoms with van der Waals surface area (Å²) in [6, 6.07) is 0. The molecule has 0 aliphatic rings. The highest BCUT2D eigenvalue weighted by Gasteiger charge is 1.92. The van der Waals surface area contributed by atoms with Gasteiger partial charge < -0.3 is 9.47 Å². The van der Waals surface area contributed by atoms with Crippen molar-refractivity contribution in [2.75, 3.05) is 20.5 Å². The fourth-order valence-corrected chi connectivity index (χ4v) is 1.66. The molecule has 0 amide bonds. The van der Waals surface area contributed by atoms with Crippen molar-refractivity contribution in [2.24, 2.45) is 0 Å². The molecular formula is C14H30O2. The summed E-state index contributed by atoms with van der Waals surface area (Å²) in [5.74, 6) is 0. The maximum absolute atomic E-state index is 7.83. The lowest BCUT2D eigenvalue weighted by atomic mass is 10.1. The van der Waals surface area contributed by atoms with Gasteiger partial charge >= 0.3 is 0 Å². The molecule has 0 spiro atoms. The van der Waals surface area contributed by atoms with Crippen LogP contribution in [-0.2, 0) is 9.47 Å². The molecule has 0 saturated carbocycles. The van der Waals surface area contributed by atoms with E-state index in [0.29, 0.717) is 6.79 Å². The summed E-state index contributed by atoms with van der Waals surface area (Å²) < 4.78 is 17.9. The number of ether oxygens (including phenoxy) is 2. The van der Waals surface area contributed by atoms with Crippen LogP contribution in [0.5, 0.6) is 0 Å². The smallest absolute Gasteiger partial charge is 0.146 e. The van der Waals surface area contributed by atoms with Crippen molar-refractivity contribution in [3.63, 3.8) is 0 Å². The molecule has 1 atom stereocenters. The molecule has 16 heavy (non-hydrogen) atoms. The Morgan fingerprint density at radius 3 is 2.19 bits per heavy atom. The van der Waals surface area contributed by atoms with E-state index in [1.165, 1.54) is 38.5 Å². The van der Waals surface area contributed by atoms with Crippen molar-refractivity contribution in [3.8, 4) is 0 Å². The summed E-state index contributed by atoms with van der Waals surface area (Å²) in [5.41, 5.74) is 0. The predicted octanol–water partition coefficient (Wildman–Crippen LogP) is 4.53. The van der Waals surface area contributed by atoms with Gasteiger partial charge in [-0.15, -0.1) is 0 Å². The van der Waals surface area contributed by atoms with Gasteiger partial charge in [-0.1, -0.05) is 64.7 Å². The maximum Gasteiger partial charge on any atom is 0.146 e. The van der Waals surface area contributed by atoms with Crippen LogP contribution in [-0.4, -0.2) is 20.5 Å². The maximum atomic E-state index is 7.83. The van der Waals surface area contributed by atoms with Crippen LogP contribution in [0.2, 0.25) is 0 Å². The van der Waals surface area contributed by atoms with Gasteiger partial charge in [0, 0.05) is 15.1 Å². The van der Waals surface area contributed by atoms with Crippen LogP contribution < -0.4 is 0 Å². The summed E-state index contributed by atoms with van der Waals surface area (Å²) >= 11 is 0. The van der Waals surface area contributed by atoms with Gasteiger partial charge in [0.25, 0.3) is 0 Å². The highest BCUT2D eigenvalue weighted by molar-refractivity contribution is 4.47. The number of hydrogen-bond acceptors (Lipinski definition) is 2. The highest BCUT2D eigenvalue weighted by atomic mass is 16.7. The zero-order valence-corrected chi connectivity index (χ0v) is 11.2. The van der Waals surface area contributed by atoms with Gasteiger partial charge in [-0.2, -0.15) is 0 Å². The minimum absolute atomic E-state index is 0.181. The first-order valence-electron chi connectivity index (χ1n) is 7.38. The first-order chi connectivity index (χ1) is 8.31. The van der Waals surface area contributed by atoms with Crippen LogP contribution in [0.3, 0.4) is 0 Å². The summed E-state index contributed by atoms with van der Waals surface area (Å²) in [4.78, 5) is 0. The van der Waals surface area contributed by atoms with E-state index in [0.717, 1.165) is 25.9 Å². The third kappa shape index (κ3) is 13.9. The average molecular weight is 231 g/mol. The molecule has 0 bridgehead atoms. The summed E-state index contributed by atoms with van der Waals surface area (Å²) in [5, 5.41) is 0. The zero-order valence-electron chi connectivity index (χ0n) is 12.2. The van der Waals surface area contributed by atoms with Crippen molar-refractivity contribution < 1.29 is 10.8 Å². The molecule has 98 valence electrons. The van der Waals surface area contributed by atoms with Crippen LogP contribution in [0.1, 0.15) is 72.5 Å². The van der Waals surface area contributed by atoms with Gasteiger partial charge in [0.2, 0.25) is 0 Å². The fourth-order valence-electron chi connectivity index (χ4n) is 1.66. The molecule has 0 aromatic rings. The Hall–Kier alpha value is -0.0800. The number of methoxy groups -OCH3 is 1. The second kappa shape index (κ2) is 14.9. The lowest BCUT2D eigenvalue weighted by Gasteiger charge is -2.03. The van der Waals surface area contributed by atoms with Crippen LogP contribution in [0.15, 0.2) is 0 Å². The molecule has 0 fully saturated rings. The van der Waals surface area contributed by atoms with Gasteiger partial charge in [0.15, 0.2) is 0 Å². The van der Waals surface area contributed by atoms with Gasteiger partial charge in [-0.25, -0.2) is 0 Å². The Morgan fingerprint density at radius 1 is 0.875 bits per heavy atom. The largest absolute Gasteiger partial charge is 0.359 e. The third-order valence-corrected chi connectivity index (χ3v) is 2.66. The Morgan fingerprint density at radius 2 is 1.50 bits per heavy atom. The summed E-state index contributed by atoms with van der Waals surface area (Å²) in [6.07, 6.45) is 10.9. The van der Waals surface area contributed by atoms with Crippen molar-refractivity contribution >= 4 is 0 Å². The topological polar surface area (TPSA) is 18.5 Å². The van der Waals surface area contributed by atoms with E-state index >= 15 is 0 Å². The van der Waals surface area contributed by atoms with E-state index in [9.17, 15) is 0 Å². The Bertz CT molecular complexity index is 142. The van der Waals surface area contributed by atoms with Crippen LogP contribution in [0.25, 0.3) is 0 Å². The molecular weight excluding hydrogens is 200 g/mol. The molecule has 0 radical (unpaired) electrons. The van der Waals surface area contributed by atoms with E-state index in [4.69, 9.17) is 10.8 Å². The second-order valence-corrected chi connectivity index (χ2v) is 4.30. The monoisotopic (exact) mass is 231 g/mol. The molecule has 0 N–H and O–H groups in total. The van der Waals surface area contributed by atoms with E-state index in [2.05, 4.69) is 6.92 Å². The normalized spacial score (nSPS) is 13.8. The molecule has 2 heteroatoms. The van der Waals surface area contributed by atoms with E-state index in [1.54, 1.807) is 7.11 Å². The second-order valence-electron chi connectivity index (χ2n) is 4.30. The van der Waals surface area contributed by atoms with Crippen molar-refractivity contribution in [1.82, 2.24) is 0 Å². The minimum atomic E-state index is 0.181. The Labute approximate surface area is 103 Å². The minimum Gasteiger partial charge on any atom is -0.359 e. The lowest BCUT2D eigenvalue weighted by molar-refractivity contribution is -0.0315. The van der Waals surface area contributed by atoms with Crippen molar-refractivity contribution in [2.45, 2.75) is 71.1 Å². The van der Waals surface area contributed by atoms with E-state index in [-0.39, 0.29) is 6.40 Å². The Kier molecular flexibility index (Phi) is 13.0. The van der Waals surface area contributed by atoms with E-state index < -0.39 is 0 Å². The molecule has 0 rings (SSSR count). The first-order valence-corrected chi connectivity index (χ1v) is 6.80. The molecule has 0 saturated heterocycles. The fraction of sp³-hybridized carbons (Fsp3) is 1.00. The standard InChI is InChI=1S/C14H30O2/c1-3-4-5-6-7-8-9-10-11-12-13-16-14-15-2/h3-14H2,1-2H3/i6D/t6-/m1/s1. The quantitative estimate of drug-likeness (QED) is 0.342. The predicted molar refractivity (Wildman–Crippen MR) is 69.7 cm³/mol. The number of rotatable bonds is 13.